The van der Waals surface area contributed by atoms with Crippen LogP contribution in [0.3, 0.4) is 0 Å². The van der Waals surface area contributed by atoms with E-state index in [2.05, 4.69) is 0 Å². The fourth-order valence-electron chi connectivity index (χ4n) is 9.62. The van der Waals surface area contributed by atoms with E-state index in [0.29, 0.717) is 36.5 Å². The first-order chi connectivity index (χ1) is 17.0. The molecule has 9 nitrogen and oxygen atoms in total. The third-order valence-electron chi connectivity index (χ3n) is 10.4. The lowest BCUT2D eigenvalue weighted by molar-refractivity contribution is -0.279. The van der Waals surface area contributed by atoms with Crippen LogP contribution in [-0.2, 0) is 33.9 Å². The number of hydrogen-bond donors (Lipinski definition) is 2. The van der Waals surface area contributed by atoms with Crippen molar-refractivity contribution < 1.29 is 50.7 Å². The fraction of sp³-hybridized carbons (Fsp3) is 0.920. The van der Waals surface area contributed by atoms with E-state index in [1.807, 2.05) is 6.92 Å². The second-order valence-electron chi connectivity index (χ2n) is 13.2. The molecular formula is C25H34F2O9S. The molecule has 0 radical (unpaired) electrons. The van der Waals surface area contributed by atoms with Crippen molar-refractivity contribution in [2.75, 3.05) is 6.61 Å². The molecule has 8 rings (SSSR count). The van der Waals surface area contributed by atoms with Crippen molar-refractivity contribution >= 4 is 22.1 Å². The van der Waals surface area contributed by atoms with Gasteiger partial charge in [0.2, 0.25) is 0 Å². The minimum atomic E-state index is -6.03. The van der Waals surface area contributed by atoms with Crippen LogP contribution in [0.2, 0.25) is 0 Å². The van der Waals surface area contributed by atoms with E-state index in [0.717, 1.165) is 25.7 Å². The molecule has 4 unspecified atom stereocenters. The number of halogens is 2. The SMILES string of the molecule is CC1(OC(=O)COC23CC4CC(O)(C2)CC(OC(=O)C(F)(F)S(=O)(=O)O)(C4)C3)C2CC3CC(C2)CC1C3. The van der Waals surface area contributed by atoms with Crippen molar-refractivity contribution in [3.63, 3.8) is 0 Å². The molecule has 0 aliphatic heterocycles. The zero-order chi connectivity index (χ0) is 26.6. The topological polar surface area (TPSA) is 136 Å². The van der Waals surface area contributed by atoms with E-state index in [1.165, 1.54) is 6.42 Å². The second-order valence-corrected chi connectivity index (χ2v) is 14.7. The Morgan fingerprint density at radius 3 is 2.03 bits per heavy atom. The summed E-state index contributed by atoms with van der Waals surface area (Å²) in [5.41, 5.74) is -4.60. The Balaban J connectivity index is 1.15. The molecule has 4 atom stereocenters. The highest BCUT2D eigenvalue weighted by Crippen LogP contribution is 2.62. The molecule has 0 aromatic carbocycles. The number of alkyl halides is 2. The highest BCUT2D eigenvalue weighted by atomic mass is 32.2. The van der Waals surface area contributed by atoms with Gasteiger partial charge in [0.1, 0.15) is 17.8 Å². The highest BCUT2D eigenvalue weighted by molar-refractivity contribution is 7.87. The average molecular weight is 549 g/mol. The van der Waals surface area contributed by atoms with Gasteiger partial charge in [-0.1, -0.05) is 0 Å². The van der Waals surface area contributed by atoms with E-state index >= 15 is 0 Å². The van der Waals surface area contributed by atoms with E-state index in [1.54, 1.807) is 0 Å². The van der Waals surface area contributed by atoms with Gasteiger partial charge >= 0.3 is 27.3 Å². The molecule has 12 heteroatoms. The van der Waals surface area contributed by atoms with Crippen LogP contribution in [0.5, 0.6) is 0 Å². The van der Waals surface area contributed by atoms with Crippen molar-refractivity contribution in [1.29, 1.82) is 0 Å². The summed E-state index contributed by atoms with van der Waals surface area (Å²) in [4.78, 5) is 25.2. The van der Waals surface area contributed by atoms with Gasteiger partial charge in [-0.3, -0.25) is 4.55 Å². The van der Waals surface area contributed by atoms with Crippen LogP contribution in [0.25, 0.3) is 0 Å². The minimum absolute atomic E-state index is 0.0642. The summed E-state index contributed by atoms with van der Waals surface area (Å²) in [5.74, 6) is -1.03. The molecule has 208 valence electrons. The predicted octanol–water partition coefficient (Wildman–Crippen LogP) is 2.99. The second kappa shape index (κ2) is 7.85. The highest BCUT2D eigenvalue weighted by Gasteiger charge is 2.67. The predicted molar refractivity (Wildman–Crippen MR) is 122 cm³/mol. The van der Waals surface area contributed by atoms with Gasteiger partial charge in [-0.25, -0.2) is 9.59 Å². The van der Waals surface area contributed by atoms with Crippen molar-refractivity contribution in [2.24, 2.45) is 29.6 Å². The van der Waals surface area contributed by atoms with Gasteiger partial charge in [0, 0.05) is 19.3 Å². The van der Waals surface area contributed by atoms with Crippen molar-refractivity contribution in [2.45, 2.75) is 105 Å². The molecule has 8 aliphatic rings. The zero-order valence-electron chi connectivity index (χ0n) is 20.8. The molecule has 0 saturated heterocycles. The number of esters is 2. The Kier molecular flexibility index (Phi) is 5.49. The van der Waals surface area contributed by atoms with Gasteiger partial charge in [-0.15, -0.1) is 0 Å². The number of carbonyl (C=O) groups excluding carboxylic acids is 2. The van der Waals surface area contributed by atoms with E-state index < -0.39 is 49.7 Å². The summed E-state index contributed by atoms with van der Waals surface area (Å²) >= 11 is 0. The van der Waals surface area contributed by atoms with Crippen molar-refractivity contribution in [3.8, 4) is 0 Å². The number of carbonyl (C=O) groups is 2. The lowest BCUT2D eigenvalue weighted by atomic mass is 9.50. The monoisotopic (exact) mass is 548 g/mol. The van der Waals surface area contributed by atoms with Crippen LogP contribution < -0.4 is 0 Å². The van der Waals surface area contributed by atoms with Crippen LogP contribution in [0.4, 0.5) is 8.78 Å². The van der Waals surface area contributed by atoms with Gasteiger partial charge in [0.25, 0.3) is 0 Å². The lowest BCUT2D eigenvalue weighted by Gasteiger charge is -2.63. The quantitative estimate of drug-likeness (QED) is 0.363. The summed E-state index contributed by atoms with van der Waals surface area (Å²) in [6.45, 7) is 1.64. The number of hydrogen-bond acceptors (Lipinski definition) is 8. The summed E-state index contributed by atoms with van der Waals surface area (Å²) in [6, 6.07) is 0. The molecule has 0 heterocycles. The van der Waals surface area contributed by atoms with Crippen LogP contribution >= 0.6 is 0 Å². The Hall–Kier alpha value is -1.37. The molecule has 0 aromatic rings. The number of ether oxygens (including phenoxy) is 3. The maximum Gasteiger partial charge on any atom is 0.465 e. The molecule has 0 amide bonds. The smallest absolute Gasteiger partial charge is 0.457 e. The standard InChI is InChI=1S/C25H34F2O9S/c1-21(17-3-14-2-15(5-17)6-18(21)4-14)35-19(28)10-34-23-8-16-7-22(30,11-23)12-24(9-16,13-23)36-20(29)25(26,27)37(31,32)33/h14-18,30H,2-13H2,1H3,(H,31,32,33). The zero-order valence-corrected chi connectivity index (χ0v) is 21.6. The van der Waals surface area contributed by atoms with Gasteiger partial charge in [-0.05, 0) is 87.9 Å². The van der Waals surface area contributed by atoms with Crippen molar-refractivity contribution in [3.05, 3.63) is 0 Å². The maximum atomic E-state index is 14.0. The Labute approximate surface area is 214 Å². The van der Waals surface area contributed by atoms with Crippen LogP contribution in [0.1, 0.15) is 77.6 Å². The third kappa shape index (κ3) is 4.12. The Morgan fingerprint density at radius 2 is 1.46 bits per heavy atom. The molecule has 37 heavy (non-hydrogen) atoms. The molecule has 8 saturated carbocycles. The van der Waals surface area contributed by atoms with E-state index in [9.17, 15) is 31.9 Å². The molecule has 8 fully saturated rings. The number of aliphatic hydroxyl groups is 1. The normalized spacial score (nSPS) is 47.8. The first kappa shape index (κ1) is 25.9. The number of rotatable bonds is 7. The summed E-state index contributed by atoms with van der Waals surface area (Å²) < 4.78 is 76.0. The first-order valence-corrected chi connectivity index (χ1v) is 14.6. The van der Waals surface area contributed by atoms with Crippen LogP contribution in [0, 0.1) is 29.6 Å². The van der Waals surface area contributed by atoms with Crippen LogP contribution in [-0.4, -0.2) is 64.3 Å². The summed E-state index contributed by atoms with van der Waals surface area (Å²) in [5, 5.41) is 6.04. The van der Waals surface area contributed by atoms with Gasteiger partial charge in [0.05, 0.1) is 11.2 Å². The first-order valence-electron chi connectivity index (χ1n) is 13.2. The van der Waals surface area contributed by atoms with Crippen molar-refractivity contribution in [1.82, 2.24) is 0 Å². The molecule has 2 N–H and O–H groups in total. The van der Waals surface area contributed by atoms with E-state index in [4.69, 9.17) is 18.8 Å². The molecular weight excluding hydrogens is 514 g/mol. The minimum Gasteiger partial charge on any atom is -0.457 e. The molecule has 8 bridgehead atoms. The Bertz CT molecular complexity index is 1100. The van der Waals surface area contributed by atoms with Gasteiger partial charge in [0.15, 0.2) is 0 Å². The summed E-state index contributed by atoms with van der Waals surface area (Å²) in [6.07, 6.45) is 6.44. The Morgan fingerprint density at radius 1 is 0.892 bits per heavy atom. The third-order valence-corrected chi connectivity index (χ3v) is 11.2. The molecule has 0 spiro atoms. The average Bonchev–Trinajstić information content (AvgIpc) is 2.73. The molecule has 0 aromatic heterocycles. The fourth-order valence-corrected chi connectivity index (χ4v) is 9.88. The van der Waals surface area contributed by atoms with Gasteiger partial charge in [-0.2, -0.15) is 17.2 Å². The van der Waals surface area contributed by atoms with Gasteiger partial charge < -0.3 is 19.3 Å². The lowest BCUT2D eigenvalue weighted by Crippen LogP contribution is -2.68. The molecule has 8 aliphatic carbocycles. The maximum absolute atomic E-state index is 14.0. The summed E-state index contributed by atoms with van der Waals surface area (Å²) in [7, 11) is -6.03. The van der Waals surface area contributed by atoms with E-state index in [-0.39, 0.29) is 38.2 Å². The van der Waals surface area contributed by atoms with Crippen LogP contribution in [0.15, 0.2) is 0 Å². The largest absolute Gasteiger partial charge is 0.465 e.